The quantitative estimate of drug-likeness (QED) is 0.364. The van der Waals surface area contributed by atoms with E-state index in [0.717, 1.165) is 55.4 Å². The summed E-state index contributed by atoms with van der Waals surface area (Å²) in [5.74, 6) is 0.748. The minimum absolute atomic E-state index is 0.0118. The predicted molar refractivity (Wildman–Crippen MR) is 144 cm³/mol. The lowest BCUT2D eigenvalue weighted by atomic mass is 9.76. The fourth-order valence-corrected chi connectivity index (χ4v) is 8.91. The van der Waals surface area contributed by atoms with Gasteiger partial charge in [0.1, 0.15) is 4.93 Å². The molecule has 4 bridgehead atoms. The number of hydrogen-bond donors (Lipinski definition) is 1. The van der Waals surface area contributed by atoms with E-state index in [1.165, 1.54) is 0 Å². The molecule has 6 fully saturated rings. The van der Waals surface area contributed by atoms with Crippen LogP contribution in [0.1, 0.15) is 56.1 Å². The van der Waals surface area contributed by atoms with E-state index in [1.54, 1.807) is 11.8 Å². The Balaban J connectivity index is 1.05. The Hall–Kier alpha value is -2.10. The number of benzene rings is 2. The van der Waals surface area contributed by atoms with Crippen molar-refractivity contribution < 1.29 is 24.1 Å². The van der Waals surface area contributed by atoms with Crippen LogP contribution in [0.3, 0.4) is 0 Å². The molecule has 1 N–H and O–H groups in total. The summed E-state index contributed by atoms with van der Waals surface area (Å²) < 4.78 is 17.8. The number of ether oxygens (including phenoxy) is 3. The van der Waals surface area contributed by atoms with E-state index in [9.17, 15) is 9.90 Å². The maximum atomic E-state index is 13.8. The van der Waals surface area contributed by atoms with Gasteiger partial charge >= 0.3 is 6.03 Å². The van der Waals surface area contributed by atoms with E-state index in [-0.39, 0.29) is 35.9 Å². The number of hydrogen-bond acceptors (Lipinski definition) is 6. The summed E-state index contributed by atoms with van der Waals surface area (Å²) in [6.45, 7) is 0.579. The first-order valence-electron chi connectivity index (χ1n) is 14.0. The predicted octanol–water partition coefficient (Wildman–Crippen LogP) is 4.88. The number of thioether (sulfide) groups is 1. The van der Waals surface area contributed by atoms with Crippen LogP contribution in [0.2, 0.25) is 0 Å². The van der Waals surface area contributed by atoms with E-state index in [2.05, 4.69) is 24.3 Å². The molecule has 1 saturated carbocycles. The summed E-state index contributed by atoms with van der Waals surface area (Å²) in [5.41, 5.74) is 2.06. The molecule has 5 heterocycles. The summed E-state index contributed by atoms with van der Waals surface area (Å²) in [5, 5.41) is 12.0. The van der Waals surface area contributed by atoms with Crippen molar-refractivity contribution >= 4 is 17.8 Å². The molecule has 2 aromatic rings. The zero-order valence-corrected chi connectivity index (χ0v) is 22.4. The average Bonchev–Trinajstić information content (AvgIpc) is 3.38. The number of fused-ring (bicyclic) bond motifs is 1. The Morgan fingerprint density at radius 2 is 1.47 bits per heavy atom. The first-order valence-corrected chi connectivity index (χ1v) is 15.0. The van der Waals surface area contributed by atoms with Crippen molar-refractivity contribution in [1.29, 1.82) is 0 Å². The summed E-state index contributed by atoms with van der Waals surface area (Å²) in [7, 11) is 0. The van der Waals surface area contributed by atoms with Gasteiger partial charge in [0, 0.05) is 38.1 Å². The second kappa shape index (κ2) is 9.82. The van der Waals surface area contributed by atoms with Crippen molar-refractivity contribution in [2.75, 3.05) is 5.75 Å². The van der Waals surface area contributed by atoms with Gasteiger partial charge < -0.3 is 29.1 Å². The van der Waals surface area contributed by atoms with E-state index >= 15 is 0 Å². The van der Waals surface area contributed by atoms with Gasteiger partial charge in [-0.3, -0.25) is 0 Å². The minimum Gasteiger partial charge on any atom is -0.377 e. The fraction of sp³-hybridized carbons (Fsp3) is 0.567. The van der Waals surface area contributed by atoms with Crippen LogP contribution in [0.5, 0.6) is 0 Å². The van der Waals surface area contributed by atoms with Gasteiger partial charge in [0.05, 0.1) is 29.9 Å². The van der Waals surface area contributed by atoms with E-state index in [0.29, 0.717) is 19.5 Å². The summed E-state index contributed by atoms with van der Waals surface area (Å²) in [6, 6.07) is 20.1. The van der Waals surface area contributed by atoms with Crippen LogP contribution in [0.15, 0.2) is 60.7 Å². The molecule has 38 heavy (non-hydrogen) atoms. The lowest BCUT2D eigenvalue weighted by molar-refractivity contribution is -0.450. The number of carbonyl (C=O) groups excluding carboxylic acids is 1. The van der Waals surface area contributed by atoms with Gasteiger partial charge in [0.2, 0.25) is 0 Å². The van der Waals surface area contributed by atoms with Crippen LogP contribution in [0.25, 0.3) is 0 Å². The molecule has 6 aliphatic rings. The normalized spacial score (nSPS) is 37.3. The Bertz CT molecular complexity index is 1110. The van der Waals surface area contributed by atoms with Gasteiger partial charge in [-0.2, -0.15) is 0 Å². The molecule has 1 aliphatic carbocycles. The zero-order valence-electron chi connectivity index (χ0n) is 21.6. The molecule has 8 heteroatoms. The molecule has 0 radical (unpaired) electrons. The molecule has 5 atom stereocenters. The van der Waals surface area contributed by atoms with Crippen molar-refractivity contribution in [2.45, 2.75) is 99.3 Å². The standard InChI is InChI=1S/C30H36N2O5S/c33-27-31(18-21-9-3-1-4-10-21)25-20-38-30(34,26(25)32(27)19-22-11-5-2-6-12-22)14-8-7-13-29-16-23-15-24(17-29)36-28(35-23)37-29/h1-6,9-12,23-26,28,34H,7-8,13-20H2/t23?,24?,25-,26-,28?,29?,30?/m1/s1. The largest absolute Gasteiger partial charge is 0.377 e. The SMILES string of the molecule is O=C1N(Cc2ccccc2)[C@@H]2CSC(O)(CCCCC34CC5CC(C3)OC(O5)O4)[C@@H]2N1Cc1ccccc1. The van der Waals surface area contributed by atoms with Crippen LogP contribution in [0.4, 0.5) is 4.79 Å². The van der Waals surface area contributed by atoms with Crippen LogP contribution in [0, 0.1) is 0 Å². The smallest absolute Gasteiger partial charge is 0.321 e. The highest BCUT2D eigenvalue weighted by molar-refractivity contribution is 8.00. The van der Waals surface area contributed by atoms with Crippen molar-refractivity contribution in [3.05, 3.63) is 71.8 Å². The monoisotopic (exact) mass is 536 g/mol. The topological polar surface area (TPSA) is 71.5 Å². The lowest BCUT2D eigenvalue weighted by Gasteiger charge is -2.55. The Labute approximate surface area is 228 Å². The first-order chi connectivity index (χ1) is 18.5. The summed E-state index contributed by atoms with van der Waals surface area (Å²) >= 11 is 1.63. The number of aliphatic hydroxyl groups is 1. The number of urea groups is 1. The molecule has 0 spiro atoms. The van der Waals surface area contributed by atoms with Crippen molar-refractivity contribution in [3.63, 3.8) is 0 Å². The number of carbonyl (C=O) groups is 1. The van der Waals surface area contributed by atoms with Gasteiger partial charge in [-0.05, 0) is 30.4 Å². The molecule has 0 aromatic heterocycles. The minimum atomic E-state index is -0.963. The highest BCUT2D eigenvalue weighted by Crippen LogP contribution is 2.51. The van der Waals surface area contributed by atoms with Crippen LogP contribution < -0.4 is 0 Å². The molecular weight excluding hydrogens is 500 g/mol. The third-order valence-corrected chi connectivity index (χ3v) is 10.5. The molecule has 2 amide bonds. The fourth-order valence-electron chi connectivity index (χ4n) is 7.35. The molecule has 2 aromatic carbocycles. The molecule has 5 aliphatic heterocycles. The van der Waals surface area contributed by atoms with Gasteiger partial charge in [-0.1, -0.05) is 67.1 Å². The molecular formula is C30H36N2O5S. The highest BCUT2D eigenvalue weighted by atomic mass is 32.2. The number of amides is 2. The van der Waals surface area contributed by atoms with Crippen molar-refractivity contribution in [1.82, 2.24) is 9.80 Å². The van der Waals surface area contributed by atoms with Crippen LogP contribution in [-0.4, -0.2) is 68.0 Å². The van der Waals surface area contributed by atoms with E-state index in [4.69, 9.17) is 14.2 Å². The maximum absolute atomic E-state index is 13.8. The van der Waals surface area contributed by atoms with Crippen LogP contribution in [-0.2, 0) is 27.3 Å². The molecule has 7 nitrogen and oxygen atoms in total. The summed E-state index contributed by atoms with van der Waals surface area (Å²) in [6.07, 6.45) is 6.87. The zero-order chi connectivity index (χ0) is 25.7. The third kappa shape index (κ3) is 4.54. The van der Waals surface area contributed by atoms with Gasteiger partial charge in [0.25, 0.3) is 6.48 Å². The highest BCUT2D eigenvalue weighted by Gasteiger charge is 2.60. The second-order valence-electron chi connectivity index (χ2n) is 11.6. The molecule has 8 rings (SSSR count). The van der Waals surface area contributed by atoms with E-state index in [1.807, 2.05) is 46.2 Å². The first kappa shape index (κ1) is 24.9. The number of rotatable bonds is 9. The Morgan fingerprint density at radius 1 is 0.868 bits per heavy atom. The average molecular weight is 537 g/mol. The van der Waals surface area contributed by atoms with Gasteiger partial charge in [-0.25, -0.2) is 4.79 Å². The summed E-state index contributed by atoms with van der Waals surface area (Å²) in [4.78, 5) is 16.7. The van der Waals surface area contributed by atoms with Crippen molar-refractivity contribution in [2.24, 2.45) is 0 Å². The number of nitrogens with zero attached hydrogens (tertiary/aromatic N) is 2. The van der Waals surface area contributed by atoms with Crippen molar-refractivity contribution in [3.8, 4) is 0 Å². The third-order valence-electron chi connectivity index (χ3n) is 9.05. The maximum Gasteiger partial charge on any atom is 0.321 e. The lowest BCUT2D eigenvalue weighted by Crippen LogP contribution is -2.61. The van der Waals surface area contributed by atoms with Crippen LogP contribution >= 0.6 is 11.8 Å². The molecule has 202 valence electrons. The molecule has 5 saturated heterocycles. The van der Waals surface area contributed by atoms with Gasteiger partial charge in [-0.15, -0.1) is 11.8 Å². The number of unbranched alkanes of at least 4 members (excludes halogenated alkanes) is 1. The Kier molecular flexibility index (Phi) is 6.44. The second-order valence-corrected chi connectivity index (χ2v) is 13.0. The Morgan fingerprint density at radius 3 is 2.11 bits per heavy atom. The van der Waals surface area contributed by atoms with E-state index < -0.39 is 11.4 Å². The van der Waals surface area contributed by atoms with Gasteiger partial charge in [0.15, 0.2) is 0 Å². The molecule has 3 unspecified atom stereocenters.